The third-order valence-corrected chi connectivity index (χ3v) is 11.8. The number of rotatable bonds is 7. The first kappa shape index (κ1) is 28.9. The molecule has 2 aromatic rings. The molecule has 0 aliphatic heterocycles. The van der Waals surface area contributed by atoms with Crippen molar-refractivity contribution in [3.63, 3.8) is 0 Å². The highest BCUT2D eigenvalue weighted by atomic mass is 79.9. The first-order valence-corrected chi connectivity index (χ1v) is 15.2. The largest absolute Gasteiger partial charge is 0.412 e. The Morgan fingerprint density at radius 1 is 1.11 bits per heavy atom. The fourth-order valence-electron chi connectivity index (χ4n) is 3.06. The monoisotopic (exact) mass is 578 g/mol. The van der Waals surface area contributed by atoms with Crippen LogP contribution in [-0.4, -0.2) is 32.3 Å². The molecule has 0 saturated carbocycles. The Bertz CT molecular complexity index is 1130. The molecular weight excluding hydrogens is 548 g/mol. The van der Waals surface area contributed by atoms with E-state index in [0.717, 1.165) is 4.47 Å². The highest BCUT2D eigenvalue weighted by molar-refractivity contribution is 9.10. The number of nitrogens with one attached hydrogen (secondary N) is 3. The van der Waals surface area contributed by atoms with Crippen LogP contribution in [0.1, 0.15) is 43.6 Å². The Hall–Kier alpha value is -2.38. The molecule has 0 spiro atoms. The van der Waals surface area contributed by atoms with Crippen LogP contribution in [0.5, 0.6) is 0 Å². The summed E-state index contributed by atoms with van der Waals surface area (Å²) in [5, 5.41) is 3.49. The maximum Gasteiger partial charge on any atom is 0.269 e. The summed E-state index contributed by atoms with van der Waals surface area (Å²) in [5.41, 5.74) is 6.99. The zero-order chi connectivity index (χ0) is 26.6. The third-order valence-electron chi connectivity index (χ3n) is 6.24. The van der Waals surface area contributed by atoms with Crippen LogP contribution < -0.4 is 16.2 Å². The Morgan fingerprint density at radius 2 is 1.71 bits per heavy atom. The van der Waals surface area contributed by atoms with Crippen molar-refractivity contribution >= 4 is 59.0 Å². The van der Waals surface area contributed by atoms with Gasteiger partial charge in [0.2, 0.25) is 5.69 Å². The molecule has 0 aliphatic carbocycles. The van der Waals surface area contributed by atoms with Crippen molar-refractivity contribution in [2.24, 2.45) is 0 Å². The van der Waals surface area contributed by atoms with E-state index in [4.69, 9.17) is 22.6 Å². The minimum absolute atomic E-state index is 0.0609. The van der Waals surface area contributed by atoms with Crippen molar-refractivity contribution in [2.45, 2.75) is 64.9 Å². The van der Waals surface area contributed by atoms with Crippen molar-refractivity contribution in [3.05, 3.63) is 68.4 Å². The maximum atomic E-state index is 13.3. The highest BCUT2D eigenvalue weighted by Gasteiger charge is 2.41. The number of anilines is 1. The van der Waals surface area contributed by atoms with Gasteiger partial charge in [0.05, 0.1) is 17.7 Å². The Labute approximate surface area is 222 Å². The lowest BCUT2D eigenvalue weighted by molar-refractivity contribution is -0.124. The minimum Gasteiger partial charge on any atom is -0.412 e. The first-order valence-electron chi connectivity index (χ1n) is 11.1. The Morgan fingerprint density at radius 3 is 2.26 bits per heavy atom. The Kier molecular flexibility index (Phi) is 9.54. The van der Waals surface area contributed by atoms with E-state index in [1.807, 2.05) is 6.92 Å². The predicted octanol–water partition coefficient (Wildman–Crippen LogP) is 6.61. The maximum absolute atomic E-state index is 13.3. The number of nitrogens with zero attached hydrogens (tertiary/aromatic N) is 1. The zero-order valence-electron chi connectivity index (χ0n) is 21.0. The van der Waals surface area contributed by atoms with Gasteiger partial charge in [0.15, 0.2) is 8.32 Å². The van der Waals surface area contributed by atoms with E-state index in [0.29, 0.717) is 27.5 Å². The number of carbonyl (C=O) groups is 2. The van der Waals surface area contributed by atoms with Crippen molar-refractivity contribution < 1.29 is 14.0 Å². The van der Waals surface area contributed by atoms with Gasteiger partial charge < -0.3 is 9.74 Å². The molecule has 0 radical (unpaired) electrons. The molecule has 0 fully saturated rings. The molecule has 2 amide bonds. The second-order valence-corrected chi connectivity index (χ2v) is 15.9. The Balaban J connectivity index is 2.29. The van der Waals surface area contributed by atoms with Gasteiger partial charge in [-0.15, -0.1) is 0 Å². The topological polar surface area (TPSA) is 83.8 Å². The molecule has 188 valence electrons. The smallest absolute Gasteiger partial charge is 0.269 e. The summed E-state index contributed by atoms with van der Waals surface area (Å²) in [5.74, 6) is -0.908. The van der Waals surface area contributed by atoms with Gasteiger partial charge in [0.1, 0.15) is 6.04 Å². The van der Waals surface area contributed by atoms with Crippen LogP contribution in [0, 0.1) is 13.5 Å². The van der Waals surface area contributed by atoms with Gasteiger partial charge in [-0.1, -0.05) is 54.4 Å². The fraction of sp³-hybridized carbons (Fsp3) is 0.400. The van der Waals surface area contributed by atoms with E-state index < -0.39 is 32.3 Å². The van der Waals surface area contributed by atoms with Crippen LogP contribution in [0.15, 0.2) is 40.9 Å². The number of hydrazine groups is 1. The molecule has 0 heterocycles. The SMILES string of the molecule is [C-]#[N+]c1ccc(N[C@@H](C(=O)NNC(=O)c2ccc(Br)cc2)[C@H](C)O[Si](C)(C)C(C)(C)C)c(C)c1Cl. The summed E-state index contributed by atoms with van der Waals surface area (Å²) in [6.07, 6.45) is -0.529. The van der Waals surface area contributed by atoms with E-state index >= 15 is 0 Å². The molecule has 0 bridgehead atoms. The van der Waals surface area contributed by atoms with Crippen LogP contribution >= 0.6 is 27.5 Å². The van der Waals surface area contributed by atoms with E-state index in [2.05, 4.69) is 70.8 Å². The van der Waals surface area contributed by atoms with Crippen molar-refractivity contribution in [1.82, 2.24) is 10.9 Å². The summed E-state index contributed by atoms with van der Waals surface area (Å²) in [4.78, 5) is 29.2. The van der Waals surface area contributed by atoms with Crippen LogP contribution in [0.25, 0.3) is 4.85 Å². The number of hydrogen-bond donors (Lipinski definition) is 3. The van der Waals surface area contributed by atoms with Gasteiger partial charge in [-0.05, 0) is 67.9 Å². The molecule has 35 heavy (non-hydrogen) atoms. The summed E-state index contributed by atoms with van der Waals surface area (Å²) in [7, 11) is -2.21. The molecule has 0 aliphatic rings. The molecule has 2 rings (SSSR count). The van der Waals surface area contributed by atoms with Crippen molar-refractivity contribution in [1.29, 1.82) is 0 Å². The predicted molar refractivity (Wildman–Crippen MR) is 147 cm³/mol. The van der Waals surface area contributed by atoms with E-state index in [9.17, 15) is 9.59 Å². The van der Waals surface area contributed by atoms with Crippen LogP contribution in [0.3, 0.4) is 0 Å². The van der Waals surface area contributed by atoms with Crippen molar-refractivity contribution in [3.8, 4) is 0 Å². The number of halogens is 2. The second kappa shape index (κ2) is 11.6. The fourth-order valence-corrected chi connectivity index (χ4v) is 4.95. The van der Waals surface area contributed by atoms with Gasteiger partial charge in [-0.3, -0.25) is 20.4 Å². The van der Waals surface area contributed by atoms with E-state index in [1.165, 1.54) is 0 Å². The number of carbonyl (C=O) groups excluding carboxylic acids is 2. The lowest BCUT2D eigenvalue weighted by Crippen LogP contribution is -2.55. The molecule has 2 aromatic carbocycles. The first-order chi connectivity index (χ1) is 16.2. The molecule has 0 unspecified atom stereocenters. The molecule has 2 atom stereocenters. The number of hydrogen-bond acceptors (Lipinski definition) is 4. The summed E-state index contributed by atoms with van der Waals surface area (Å²) in [6.45, 7) is 21.5. The van der Waals surface area contributed by atoms with Crippen LogP contribution in [-0.2, 0) is 9.22 Å². The molecule has 0 saturated heterocycles. The average molecular weight is 580 g/mol. The highest BCUT2D eigenvalue weighted by Crippen LogP contribution is 2.38. The lowest BCUT2D eigenvalue weighted by Gasteiger charge is -2.40. The second-order valence-electron chi connectivity index (χ2n) is 9.84. The molecule has 0 aromatic heterocycles. The molecule has 10 heteroatoms. The summed E-state index contributed by atoms with van der Waals surface area (Å²) in [6, 6.07) is 9.26. The summed E-state index contributed by atoms with van der Waals surface area (Å²) < 4.78 is 7.34. The average Bonchev–Trinajstić information content (AvgIpc) is 2.77. The van der Waals surface area contributed by atoms with Crippen LogP contribution in [0.4, 0.5) is 11.4 Å². The minimum atomic E-state index is -2.21. The van der Waals surface area contributed by atoms with Crippen molar-refractivity contribution in [2.75, 3.05) is 5.32 Å². The number of benzene rings is 2. The van der Waals surface area contributed by atoms with Gasteiger partial charge in [0, 0.05) is 15.7 Å². The standard InChI is InChI=1S/C25H32BrClN4O3Si/c1-15-19(13-14-20(28-6)21(15)27)29-22(16(2)34-35(7,8)25(3,4)5)24(33)31-30-23(32)17-9-11-18(26)12-10-17/h9-14,16,22,29H,1-5,7-8H3,(H,30,32)(H,31,33)/t16-,22+/m0/s1. The van der Waals surface area contributed by atoms with E-state index in [-0.39, 0.29) is 5.04 Å². The molecular formula is C25H32BrClN4O3Si. The van der Waals surface area contributed by atoms with Gasteiger partial charge >= 0.3 is 0 Å². The summed E-state index contributed by atoms with van der Waals surface area (Å²) >= 11 is 9.68. The normalized spacial score (nSPS) is 13.4. The third kappa shape index (κ3) is 7.30. The quantitative estimate of drug-likeness (QED) is 0.196. The van der Waals surface area contributed by atoms with E-state index in [1.54, 1.807) is 43.3 Å². The number of amides is 2. The van der Waals surface area contributed by atoms with Crippen LogP contribution in [0.2, 0.25) is 23.2 Å². The zero-order valence-corrected chi connectivity index (χ0v) is 24.4. The van der Waals surface area contributed by atoms with Gasteiger partial charge in [-0.25, -0.2) is 4.85 Å². The molecule has 3 N–H and O–H groups in total. The van der Waals surface area contributed by atoms with Gasteiger partial charge in [0.25, 0.3) is 11.8 Å². The lowest BCUT2D eigenvalue weighted by atomic mass is 10.1. The molecule has 7 nitrogen and oxygen atoms in total. The van der Waals surface area contributed by atoms with Gasteiger partial charge in [-0.2, -0.15) is 0 Å².